The summed E-state index contributed by atoms with van der Waals surface area (Å²) in [6, 6.07) is 24.1. The molecule has 0 spiro atoms. The van der Waals surface area contributed by atoms with Crippen LogP contribution in [0.25, 0.3) is 12.2 Å². The highest BCUT2D eigenvalue weighted by Gasteiger charge is 2.31. The van der Waals surface area contributed by atoms with Gasteiger partial charge in [0, 0.05) is 41.8 Å². The maximum atomic E-state index is 13.7. The van der Waals surface area contributed by atoms with Gasteiger partial charge in [0.15, 0.2) is 11.6 Å². The van der Waals surface area contributed by atoms with Gasteiger partial charge in [-0.3, -0.25) is 24.0 Å². The van der Waals surface area contributed by atoms with E-state index in [1.807, 2.05) is 12.1 Å². The summed E-state index contributed by atoms with van der Waals surface area (Å²) in [6.07, 6.45) is 8.08. The summed E-state index contributed by atoms with van der Waals surface area (Å²) < 4.78 is 17.8. The second-order valence-electron chi connectivity index (χ2n) is 13.6. The fourth-order valence-corrected chi connectivity index (χ4v) is 8.50. The molecule has 0 saturated heterocycles. The van der Waals surface area contributed by atoms with Gasteiger partial charge in [-0.25, -0.2) is 0 Å². The molecular formula is C45H39Cl2NO8S2. The molecule has 2 heterocycles. The van der Waals surface area contributed by atoms with Crippen LogP contribution in [0, 0.1) is 11.8 Å². The van der Waals surface area contributed by atoms with Gasteiger partial charge < -0.3 is 19.1 Å². The van der Waals surface area contributed by atoms with Crippen molar-refractivity contribution in [3.05, 3.63) is 138 Å². The number of halogens is 2. The Morgan fingerprint density at radius 1 is 0.690 bits per heavy atom. The number of amides is 1. The number of carbonyl (C=O) groups is 5. The molecule has 9 nitrogen and oxygen atoms in total. The molecule has 6 rings (SSSR count). The highest BCUT2D eigenvalue weighted by Crippen LogP contribution is 2.35. The Morgan fingerprint density at radius 2 is 1.22 bits per heavy atom. The number of esters is 1. The number of nitrogens with zero attached hydrogens (tertiary/aromatic N) is 1. The van der Waals surface area contributed by atoms with Crippen molar-refractivity contribution in [2.75, 3.05) is 26.2 Å². The Bertz CT molecular complexity index is 2370. The molecule has 2 aromatic heterocycles. The first-order valence-corrected chi connectivity index (χ1v) is 20.7. The van der Waals surface area contributed by atoms with Crippen molar-refractivity contribution in [2.45, 2.75) is 32.1 Å². The van der Waals surface area contributed by atoms with Crippen molar-refractivity contribution < 1.29 is 38.2 Å². The molecule has 1 aliphatic rings. The van der Waals surface area contributed by atoms with E-state index in [0.717, 1.165) is 33.9 Å². The van der Waals surface area contributed by atoms with Gasteiger partial charge in [0.1, 0.15) is 23.0 Å². The van der Waals surface area contributed by atoms with Crippen molar-refractivity contribution in [1.29, 1.82) is 0 Å². The average molecular weight is 857 g/mol. The number of carbonyl (C=O) groups excluding carboxylic acids is 5. The van der Waals surface area contributed by atoms with E-state index < -0.39 is 11.9 Å². The SMILES string of the molecule is COc1ccc(N(C)C(=O)c2ccc(CC(=O)C3CCC(C(=O)Oc4cc(/C=C/C(=O)c5ccc(Cl)s5)c(OC)cc4/C=C/C(=O)c4ccc(Cl)s4)CC3)cc2)cc1. The summed E-state index contributed by atoms with van der Waals surface area (Å²) in [5.41, 5.74) is 2.93. The van der Waals surface area contributed by atoms with Crippen LogP contribution in [0.2, 0.25) is 8.67 Å². The number of rotatable bonds is 15. The minimum atomic E-state index is -0.457. The lowest BCUT2D eigenvalue weighted by Crippen LogP contribution is -2.29. The number of hydrogen-bond acceptors (Lipinski definition) is 10. The smallest absolute Gasteiger partial charge is 0.314 e. The van der Waals surface area contributed by atoms with Crippen LogP contribution in [0.3, 0.4) is 0 Å². The molecule has 1 fully saturated rings. The van der Waals surface area contributed by atoms with Gasteiger partial charge in [-0.1, -0.05) is 35.3 Å². The zero-order chi connectivity index (χ0) is 41.3. The van der Waals surface area contributed by atoms with Crippen molar-refractivity contribution in [1.82, 2.24) is 0 Å². The quantitative estimate of drug-likeness (QED) is 0.0442. The Morgan fingerprint density at radius 3 is 1.74 bits per heavy atom. The van der Waals surface area contributed by atoms with Crippen LogP contribution in [0.1, 0.15) is 72.1 Å². The third-order valence-electron chi connectivity index (χ3n) is 9.89. The van der Waals surface area contributed by atoms with Crippen molar-refractivity contribution in [2.24, 2.45) is 11.8 Å². The van der Waals surface area contributed by atoms with Crippen molar-refractivity contribution >= 4 is 92.9 Å². The van der Waals surface area contributed by atoms with Crippen LogP contribution in [-0.2, 0) is 16.0 Å². The molecule has 0 aliphatic heterocycles. The molecule has 1 aliphatic carbocycles. The van der Waals surface area contributed by atoms with Gasteiger partial charge in [-0.05, 0) is 128 Å². The largest absolute Gasteiger partial charge is 0.497 e. The molecule has 13 heteroatoms. The van der Waals surface area contributed by atoms with Gasteiger partial charge in [-0.2, -0.15) is 0 Å². The minimum Gasteiger partial charge on any atom is -0.497 e. The fraction of sp³-hybridized carbons (Fsp3) is 0.222. The molecule has 5 aromatic rings. The van der Waals surface area contributed by atoms with Crippen molar-refractivity contribution in [3.8, 4) is 17.2 Å². The topological polar surface area (TPSA) is 116 Å². The van der Waals surface area contributed by atoms with Crippen LogP contribution in [0.15, 0.2) is 97.1 Å². The number of ketones is 3. The summed E-state index contributed by atoms with van der Waals surface area (Å²) in [5, 5.41) is 0. The molecule has 0 N–H and O–H groups in total. The number of thiophene rings is 2. The zero-order valence-corrected chi connectivity index (χ0v) is 35.0. The Kier molecular flexibility index (Phi) is 14.2. The monoisotopic (exact) mass is 855 g/mol. The number of allylic oxidation sites excluding steroid dienone is 2. The van der Waals surface area contributed by atoms with E-state index >= 15 is 0 Å². The Hall–Kier alpha value is -5.33. The third-order valence-corrected chi connectivity index (χ3v) is 12.4. The molecular weight excluding hydrogens is 818 g/mol. The second-order valence-corrected chi connectivity index (χ2v) is 17.0. The second kappa shape index (κ2) is 19.4. The highest BCUT2D eigenvalue weighted by atomic mass is 35.5. The van der Waals surface area contributed by atoms with Crippen LogP contribution in [-0.4, -0.2) is 50.5 Å². The van der Waals surface area contributed by atoms with Crippen LogP contribution >= 0.6 is 45.9 Å². The number of methoxy groups -OCH3 is 2. The van der Waals surface area contributed by atoms with Gasteiger partial charge in [-0.15, -0.1) is 22.7 Å². The van der Waals surface area contributed by atoms with E-state index in [1.54, 1.807) is 104 Å². The van der Waals surface area contributed by atoms with E-state index in [2.05, 4.69) is 0 Å². The van der Waals surface area contributed by atoms with E-state index in [9.17, 15) is 24.0 Å². The van der Waals surface area contributed by atoms with Gasteiger partial charge in [0.05, 0.1) is 38.6 Å². The predicted molar refractivity (Wildman–Crippen MR) is 230 cm³/mol. The lowest BCUT2D eigenvalue weighted by atomic mass is 9.79. The molecule has 0 atom stereocenters. The fourth-order valence-electron chi connectivity index (χ4n) is 6.58. The zero-order valence-electron chi connectivity index (χ0n) is 31.9. The maximum absolute atomic E-state index is 13.7. The molecule has 1 saturated carbocycles. The average Bonchev–Trinajstić information content (AvgIpc) is 3.90. The first-order chi connectivity index (χ1) is 27.9. The van der Waals surface area contributed by atoms with E-state index in [1.165, 1.54) is 19.3 Å². The molecule has 1 amide bonds. The number of benzene rings is 3. The number of ether oxygens (including phenoxy) is 3. The minimum absolute atomic E-state index is 0.0799. The van der Waals surface area contributed by atoms with Crippen molar-refractivity contribution in [3.63, 3.8) is 0 Å². The molecule has 0 radical (unpaired) electrons. The molecule has 3 aromatic carbocycles. The molecule has 298 valence electrons. The standard InChI is InChI=1S/C45H39Cl2NO8S2/c1-48(33-14-16-34(54-2)17-15-33)44(52)29-6-4-27(5-7-29)24-37(51)28-8-10-30(11-9-28)45(53)56-39-26-31(12-18-35(49)40-20-22-42(46)57-40)38(55-3)25-32(39)13-19-36(50)41-21-23-43(47)58-41/h4-7,12-23,25-26,28,30H,8-11,24H2,1-3H3/b18-12+,19-13+. The normalized spacial score (nSPS) is 15.3. The van der Waals surface area contributed by atoms with Crippen LogP contribution in [0.5, 0.6) is 17.2 Å². The summed E-state index contributed by atoms with van der Waals surface area (Å²) in [4.78, 5) is 68.3. The Labute approximate surface area is 354 Å². The third kappa shape index (κ3) is 10.6. The number of hydrogen-bond donors (Lipinski definition) is 0. The summed E-state index contributed by atoms with van der Waals surface area (Å²) in [6.45, 7) is 0. The first-order valence-electron chi connectivity index (χ1n) is 18.4. The molecule has 0 bridgehead atoms. The van der Waals surface area contributed by atoms with Gasteiger partial charge in [0.2, 0.25) is 0 Å². The molecule has 58 heavy (non-hydrogen) atoms. The predicted octanol–water partition coefficient (Wildman–Crippen LogP) is 10.7. The number of anilines is 1. The Balaban J connectivity index is 1.10. The summed E-state index contributed by atoms with van der Waals surface area (Å²) in [5.74, 6) is -0.476. The maximum Gasteiger partial charge on any atom is 0.314 e. The van der Waals surface area contributed by atoms with E-state index in [0.29, 0.717) is 72.3 Å². The lowest BCUT2D eigenvalue weighted by molar-refractivity contribution is -0.141. The van der Waals surface area contributed by atoms with Crippen LogP contribution in [0.4, 0.5) is 5.69 Å². The van der Waals surface area contributed by atoms with Crippen LogP contribution < -0.4 is 19.1 Å². The number of Topliss-reactive ketones (excluding diaryl/α,β-unsaturated/α-hetero) is 1. The van der Waals surface area contributed by atoms with E-state index in [-0.39, 0.29) is 41.3 Å². The first kappa shape index (κ1) is 42.3. The highest BCUT2D eigenvalue weighted by molar-refractivity contribution is 7.18. The lowest BCUT2D eigenvalue weighted by Gasteiger charge is -2.26. The summed E-state index contributed by atoms with van der Waals surface area (Å²) in [7, 11) is 4.77. The molecule has 0 unspecified atom stereocenters. The van der Waals surface area contributed by atoms with Gasteiger partial charge in [0.25, 0.3) is 5.91 Å². The summed E-state index contributed by atoms with van der Waals surface area (Å²) >= 11 is 14.4. The van der Waals surface area contributed by atoms with Gasteiger partial charge >= 0.3 is 5.97 Å². The van der Waals surface area contributed by atoms with E-state index in [4.69, 9.17) is 37.4 Å².